The normalized spacial score (nSPS) is 10.3. The van der Waals surface area contributed by atoms with Gasteiger partial charge in [-0.2, -0.15) is 0 Å². The molecule has 0 fully saturated rings. The third kappa shape index (κ3) is 2.37. The summed E-state index contributed by atoms with van der Waals surface area (Å²) in [6.45, 7) is 2.18. The lowest BCUT2D eigenvalue weighted by Crippen LogP contribution is -1.93. The summed E-state index contributed by atoms with van der Waals surface area (Å²) in [5.74, 6) is 0.452. The Morgan fingerprint density at radius 2 is 2.06 bits per heavy atom. The lowest BCUT2D eigenvalue weighted by Gasteiger charge is -2.03. The van der Waals surface area contributed by atoms with Crippen LogP contribution in [0.15, 0.2) is 36.7 Å². The van der Waals surface area contributed by atoms with E-state index in [9.17, 15) is 0 Å². The Kier molecular flexibility index (Phi) is 3.15. The van der Waals surface area contributed by atoms with Crippen molar-refractivity contribution < 1.29 is 0 Å². The van der Waals surface area contributed by atoms with E-state index in [2.05, 4.69) is 35.1 Å². The van der Waals surface area contributed by atoms with Crippen LogP contribution in [-0.2, 0) is 6.42 Å². The number of anilines is 1. The molecule has 3 heteroatoms. The molecule has 0 saturated carbocycles. The largest absolute Gasteiger partial charge is 0.382 e. The lowest BCUT2D eigenvalue weighted by atomic mass is 10.1. The van der Waals surface area contributed by atoms with Crippen LogP contribution in [0.3, 0.4) is 0 Å². The van der Waals surface area contributed by atoms with E-state index in [1.807, 2.05) is 6.07 Å². The molecule has 0 aliphatic heterocycles. The van der Waals surface area contributed by atoms with Crippen molar-refractivity contribution in [2.75, 3.05) is 5.73 Å². The van der Waals surface area contributed by atoms with Crippen LogP contribution >= 0.6 is 0 Å². The molecule has 2 rings (SSSR count). The van der Waals surface area contributed by atoms with E-state index in [4.69, 9.17) is 5.73 Å². The smallest absolute Gasteiger partial charge is 0.141 e. The zero-order valence-electron chi connectivity index (χ0n) is 9.35. The van der Waals surface area contributed by atoms with E-state index in [0.717, 1.165) is 24.1 Å². The van der Waals surface area contributed by atoms with Crippen molar-refractivity contribution in [2.24, 2.45) is 0 Å². The van der Waals surface area contributed by atoms with Crippen LogP contribution in [0.25, 0.3) is 11.3 Å². The number of aryl methyl sites for hydroxylation is 1. The molecule has 82 valence electrons. The van der Waals surface area contributed by atoms with E-state index in [1.54, 1.807) is 12.4 Å². The van der Waals surface area contributed by atoms with Gasteiger partial charge in [0.05, 0.1) is 18.1 Å². The van der Waals surface area contributed by atoms with Crippen LogP contribution in [0.1, 0.15) is 18.9 Å². The summed E-state index contributed by atoms with van der Waals surface area (Å²) >= 11 is 0. The Bertz CT molecular complexity index is 463. The molecule has 2 N–H and O–H groups in total. The molecule has 0 saturated heterocycles. The SMILES string of the molecule is CCCc1cccc(-c2cnc(N)cn2)c1. The second-order valence-corrected chi connectivity index (χ2v) is 3.78. The summed E-state index contributed by atoms with van der Waals surface area (Å²) in [6, 6.07) is 8.39. The predicted molar refractivity (Wildman–Crippen MR) is 65.9 cm³/mol. The van der Waals surface area contributed by atoms with Gasteiger partial charge in [0.25, 0.3) is 0 Å². The summed E-state index contributed by atoms with van der Waals surface area (Å²) in [5, 5.41) is 0. The molecule has 0 aliphatic rings. The summed E-state index contributed by atoms with van der Waals surface area (Å²) < 4.78 is 0. The number of rotatable bonds is 3. The Morgan fingerprint density at radius 1 is 1.19 bits per heavy atom. The zero-order valence-corrected chi connectivity index (χ0v) is 9.35. The first-order valence-corrected chi connectivity index (χ1v) is 5.46. The molecule has 3 nitrogen and oxygen atoms in total. The van der Waals surface area contributed by atoms with Crippen molar-refractivity contribution in [3.63, 3.8) is 0 Å². The summed E-state index contributed by atoms with van der Waals surface area (Å²) in [4.78, 5) is 8.31. The maximum absolute atomic E-state index is 5.51. The van der Waals surface area contributed by atoms with Crippen LogP contribution in [0, 0.1) is 0 Å². The minimum absolute atomic E-state index is 0.452. The molecule has 0 atom stereocenters. The number of hydrogen-bond donors (Lipinski definition) is 1. The minimum Gasteiger partial charge on any atom is -0.382 e. The molecular formula is C13H15N3. The minimum atomic E-state index is 0.452. The quantitative estimate of drug-likeness (QED) is 0.852. The van der Waals surface area contributed by atoms with E-state index >= 15 is 0 Å². The first-order valence-electron chi connectivity index (χ1n) is 5.46. The fourth-order valence-corrected chi connectivity index (χ4v) is 1.66. The Morgan fingerprint density at radius 3 is 2.75 bits per heavy atom. The molecule has 0 aliphatic carbocycles. The van der Waals surface area contributed by atoms with Crippen LogP contribution < -0.4 is 5.73 Å². The van der Waals surface area contributed by atoms with Crippen molar-refractivity contribution in [1.82, 2.24) is 9.97 Å². The summed E-state index contributed by atoms with van der Waals surface area (Å²) in [7, 11) is 0. The highest BCUT2D eigenvalue weighted by Gasteiger charge is 2.00. The highest BCUT2D eigenvalue weighted by molar-refractivity contribution is 5.59. The highest BCUT2D eigenvalue weighted by Crippen LogP contribution is 2.18. The molecule has 0 spiro atoms. The van der Waals surface area contributed by atoms with Gasteiger partial charge in [0.15, 0.2) is 0 Å². The van der Waals surface area contributed by atoms with Crippen LogP contribution in [-0.4, -0.2) is 9.97 Å². The summed E-state index contributed by atoms with van der Waals surface area (Å²) in [5.41, 5.74) is 8.80. The average molecular weight is 213 g/mol. The van der Waals surface area contributed by atoms with Gasteiger partial charge in [-0.25, -0.2) is 4.98 Å². The van der Waals surface area contributed by atoms with Gasteiger partial charge in [-0.3, -0.25) is 4.98 Å². The molecule has 0 radical (unpaired) electrons. The van der Waals surface area contributed by atoms with Gasteiger partial charge in [0.1, 0.15) is 5.82 Å². The van der Waals surface area contributed by atoms with Crippen LogP contribution in [0.2, 0.25) is 0 Å². The number of benzene rings is 1. The van der Waals surface area contributed by atoms with Crippen molar-refractivity contribution in [3.05, 3.63) is 42.2 Å². The maximum atomic E-state index is 5.51. The van der Waals surface area contributed by atoms with Crippen molar-refractivity contribution in [2.45, 2.75) is 19.8 Å². The van der Waals surface area contributed by atoms with Gasteiger partial charge in [0, 0.05) is 5.56 Å². The molecular weight excluding hydrogens is 198 g/mol. The Hall–Kier alpha value is -1.90. The Labute approximate surface area is 95.4 Å². The van der Waals surface area contributed by atoms with Gasteiger partial charge in [-0.15, -0.1) is 0 Å². The van der Waals surface area contributed by atoms with E-state index in [0.29, 0.717) is 5.82 Å². The maximum Gasteiger partial charge on any atom is 0.141 e. The zero-order chi connectivity index (χ0) is 11.4. The molecule has 2 aromatic rings. The molecule has 16 heavy (non-hydrogen) atoms. The first-order chi connectivity index (χ1) is 7.79. The fraction of sp³-hybridized carbons (Fsp3) is 0.231. The molecule has 0 amide bonds. The third-order valence-electron chi connectivity index (χ3n) is 2.43. The van der Waals surface area contributed by atoms with Gasteiger partial charge < -0.3 is 5.73 Å². The van der Waals surface area contributed by atoms with Gasteiger partial charge >= 0.3 is 0 Å². The molecule has 1 aromatic carbocycles. The molecule has 0 bridgehead atoms. The number of nitrogens with zero attached hydrogens (tertiary/aromatic N) is 2. The number of nitrogens with two attached hydrogens (primary N) is 1. The average Bonchev–Trinajstić information content (AvgIpc) is 2.31. The predicted octanol–water partition coefficient (Wildman–Crippen LogP) is 2.68. The van der Waals surface area contributed by atoms with Gasteiger partial charge in [-0.1, -0.05) is 31.5 Å². The van der Waals surface area contributed by atoms with E-state index in [1.165, 1.54) is 5.56 Å². The number of aromatic nitrogens is 2. The van der Waals surface area contributed by atoms with Crippen LogP contribution in [0.4, 0.5) is 5.82 Å². The second kappa shape index (κ2) is 4.75. The van der Waals surface area contributed by atoms with Crippen molar-refractivity contribution in [1.29, 1.82) is 0 Å². The number of hydrogen-bond acceptors (Lipinski definition) is 3. The third-order valence-corrected chi connectivity index (χ3v) is 2.43. The van der Waals surface area contributed by atoms with Crippen LogP contribution in [0.5, 0.6) is 0 Å². The number of nitrogen functional groups attached to an aromatic ring is 1. The monoisotopic (exact) mass is 213 g/mol. The topological polar surface area (TPSA) is 51.8 Å². The van der Waals surface area contributed by atoms with Crippen molar-refractivity contribution >= 4 is 5.82 Å². The van der Waals surface area contributed by atoms with E-state index < -0.39 is 0 Å². The molecule has 0 unspecified atom stereocenters. The highest BCUT2D eigenvalue weighted by atomic mass is 14.9. The second-order valence-electron chi connectivity index (χ2n) is 3.78. The summed E-state index contributed by atoms with van der Waals surface area (Å²) in [6.07, 6.45) is 5.54. The lowest BCUT2D eigenvalue weighted by molar-refractivity contribution is 0.922. The molecule has 1 aromatic heterocycles. The van der Waals surface area contributed by atoms with Gasteiger partial charge in [-0.05, 0) is 18.1 Å². The molecule has 1 heterocycles. The van der Waals surface area contributed by atoms with Crippen molar-refractivity contribution in [3.8, 4) is 11.3 Å². The van der Waals surface area contributed by atoms with Gasteiger partial charge in [0.2, 0.25) is 0 Å². The Balaban J connectivity index is 2.32. The standard InChI is InChI=1S/C13H15N3/c1-2-4-10-5-3-6-11(7-10)12-8-16-13(14)9-15-12/h3,5-9H,2,4H2,1H3,(H2,14,16). The fourth-order valence-electron chi connectivity index (χ4n) is 1.66. The van der Waals surface area contributed by atoms with E-state index in [-0.39, 0.29) is 0 Å². The first kappa shape index (κ1) is 10.6.